The Morgan fingerprint density at radius 1 is 1.53 bits per heavy atom. The zero-order valence-electron chi connectivity index (χ0n) is 9.34. The van der Waals surface area contributed by atoms with Crippen LogP contribution in [0.3, 0.4) is 0 Å². The maximum atomic E-state index is 11.9. The SMILES string of the molecule is CC1(NC(=O)[C@@H]2CCCN2)CCCOC1. The van der Waals surface area contributed by atoms with E-state index in [2.05, 4.69) is 17.6 Å². The lowest BCUT2D eigenvalue weighted by Crippen LogP contribution is -2.55. The van der Waals surface area contributed by atoms with E-state index in [1.807, 2.05) is 0 Å². The van der Waals surface area contributed by atoms with E-state index >= 15 is 0 Å². The smallest absolute Gasteiger partial charge is 0.237 e. The monoisotopic (exact) mass is 212 g/mol. The molecule has 2 aliphatic rings. The third-order valence-corrected chi connectivity index (χ3v) is 3.24. The Morgan fingerprint density at radius 3 is 3.00 bits per heavy atom. The standard InChI is InChI=1S/C11H20N2O2/c1-11(5-3-7-15-8-11)13-10(14)9-4-2-6-12-9/h9,12H,2-8H2,1H3,(H,13,14)/t9-,11?/m0/s1. The molecule has 2 N–H and O–H groups in total. The number of nitrogens with one attached hydrogen (secondary N) is 2. The van der Waals surface area contributed by atoms with Gasteiger partial charge >= 0.3 is 0 Å². The van der Waals surface area contributed by atoms with Gasteiger partial charge in [-0.3, -0.25) is 4.79 Å². The number of carbonyl (C=O) groups is 1. The van der Waals surface area contributed by atoms with Crippen molar-refractivity contribution < 1.29 is 9.53 Å². The van der Waals surface area contributed by atoms with Gasteiger partial charge in [-0.25, -0.2) is 0 Å². The van der Waals surface area contributed by atoms with Crippen molar-refractivity contribution in [2.45, 2.75) is 44.2 Å². The highest BCUT2D eigenvalue weighted by atomic mass is 16.5. The van der Waals surface area contributed by atoms with Crippen LogP contribution in [-0.4, -0.2) is 37.2 Å². The molecule has 0 bridgehead atoms. The van der Waals surface area contributed by atoms with Crippen molar-refractivity contribution in [2.24, 2.45) is 0 Å². The normalized spacial score (nSPS) is 36.5. The molecule has 0 aromatic heterocycles. The molecule has 0 aromatic rings. The molecule has 4 heteroatoms. The molecular formula is C11H20N2O2. The Balaban J connectivity index is 1.86. The molecule has 0 radical (unpaired) electrons. The largest absolute Gasteiger partial charge is 0.379 e. The average molecular weight is 212 g/mol. The van der Waals surface area contributed by atoms with Gasteiger partial charge in [-0.05, 0) is 39.2 Å². The molecule has 0 aromatic carbocycles. The first kappa shape index (κ1) is 10.9. The summed E-state index contributed by atoms with van der Waals surface area (Å²) in [6, 6.07) is 0.0174. The molecule has 1 amide bonds. The number of amides is 1. The topological polar surface area (TPSA) is 50.4 Å². The maximum absolute atomic E-state index is 11.9. The number of hydrogen-bond donors (Lipinski definition) is 2. The van der Waals surface area contributed by atoms with Crippen LogP contribution in [-0.2, 0) is 9.53 Å². The lowest BCUT2D eigenvalue weighted by Gasteiger charge is -2.35. The van der Waals surface area contributed by atoms with Gasteiger partial charge in [0.15, 0.2) is 0 Å². The van der Waals surface area contributed by atoms with Crippen molar-refractivity contribution >= 4 is 5.91 Å². The van der Waals surface area contributed by atoms with E-state index in [0.717, 1.165) is 38.8 Å². The van der Waals surface area contributed by atoms with Gasteiger partial charge in [0, 0.05) is 6.61 Å². The molecular weight excluding hydrogens is 192 g/mol. The summed E-state index contributed by atoms with van der Waals surface area (Å²) in [5, 5.41) is 6.32. The first-order valence-electron chi connectivity index (χ1n) is 5.83. The maximum Gasteiger partial charge on any atom is 0.237 e. The fourth-order valence-electron chi connectivity index (χ4n) is 2.33. The highest BCUT2D eigenvalue weighted by Gasteiger charge is 2.32. The van der Waals surface area contributed by atoms with E-state index in [1.54, 1.807) is 0 Å². The number of ether oxygens (including phenoxy) is 1. The lowest BCUT2D eigenvalue weighted by atomic mass is 9.94. The second-order valence-electron chi connectivity index (χ2n) is 4.85. The van der Waals surface area contributed by atoms with Crippen molar-refractivity contribution in [3.8, 4) is 0 Å². The summed E-state index contributed by atoms with van der Waals surface area (Å²) in [6.07, 6.45) is 4.12. The summed E-state index contributed by atoms with van der Waals surface area (Å²) >= 11 is 0. The van der Waals surface area contributed by atoms with Crippen LogP contribution >= 0.6 is 0 Å². The molecule has 15 heavy (non-hydrogen) atoms. The minimum absolute atomic E-state index is 0.0174. The Bertz CT molecular complexity index is 231. The molecule has 0 spiro atoms. The van der Waals surface area contributed by atoms with E-state index in [9.17, 15) is 4.79 Å². The molecule has 2 saturated heterocycles. The van der Waals surface area contributed by atoms with Crippen LogP contribution in [0, 0.1) is 0 Å². The molecule has 4 nitrogen and oxygen atoms in total. The second-order valence-corrected chi connectivity index (χ2v) is 4.85. The highest BCUT2D eigenvalue weighted by molar-refractivity contribution is 5.82. The molecule has 0 saturated carbocycles. The molecule has 1 unspecified atom stereocenters. The van der Waals surface area contributed by atoms with E-state index in [1.165, 1.54) is 0 Å². The predicted molar refractivity (Wildman–Crippen MR) is 57.6 cm³/mol. The van der Waals surface area contributed by atoms with E-state index < -0.39 is 0 Å². The fraction of sp³-hybridized carbons (Fsp3) is 0.909. The number of rotatable bonds is 2. The van der Waals surface area contributed by atoms with Gasteiger partial charge in [-0.1, -0.05) is 0 Å². The summed E-state index contributed by atoms with van der Waals surface area (Å²) < 4.78 is 5.41. The summed E-state index contributed by atoms with van der Waals surface area (Å²) in [7, 11) is 0. The third-order valence-electron chi connectivity index (χ3n) is 3.24. The predicted octanol–water partition coefficient (Wildman–Crippen LogP) is 0.424. The first-order chi connectivity index (χ1) is 7.20. The summed E-state index contributed by atoms with van der Waals surface area (Å²) in [5.74, 6) is 0.139. The van der Waals surface area contributed by atoms with E-state index in [-0.39, 0.29) is 17.5 Å². The zero-order chi connectivity index (χ0) is 10.7. The van der Waals surface area contributed by atoms with Crippen LogP contribution < -0.4 is 10.6 Å². The van der Waals surface area contributed by atoms with Gasteiger partial charge in [-0.15, -0.1) is 0 Å². The minimum atomic E-state index is -0.153. The summed E-state index contributed by atoms with van der Waals surface area (Å²) in [4.78, 5) is 11.9. The minimum Gasteiger partial charge on any atom is -0.379 e. The second kappa shape index (κ2) is 4.49. The number of carbonyl (C=O) groups excluding carboxylic acids is 1. The molecule has 2 atom stereocenters. The highest BCUT2D eigenvalue weighted by Crippen LogP contribution is 2.19. The zero-order valence-corrected chi connectivity index (χ0v) is 9.34. The van der Waals surface area contributed by atoms with Crippen LogP contribution in [0.15, 0.2) is 0 Å². The Hall–Kier alpha value is -0.610. The quantitative estimate of drug-likeness (QED) is 0.697. The summed E-state index contributed by atoms with van der Waals surface area (Å²) in [5.41, 5.74) is -0.153. The fourth-order valence-corrected chi connectivity index (χ4v) is 2.33. The third kappa shape index (κ3) is 2.69. The molecule has 2 heterocycles. The lowest BCUT2D eigenvalue weighted by molar-refractivity contribution is -0.126. The van der Waals surface area contributed by atoms with Crippen LogP contribution in [0.25, 0.3) is 0 Å². The molecule has 86 valence electrons. The molecule has 2 rings (SSSR count). The van der Waals surface area contributed by atoms with E-state index in [0.29, 0.717) is 6.61 Å². The van der Waals surface area contributed by atoms with Gasteiger partial charge in [0.05, 0.1) is 18.2 Å². The van der Waals surface area contributed by atoms with Gasteiger partial charge < -0.3 is 15.4 Å². The van der Waals surface area contributed by atoms with Crippen LogP contribution in [0.1, 0.15) is 32.6 Å². The van der Waals surface area contributed by atoms with Gasteiger partial charge in [-0.2, -0.15) is 0 Å². The molecule has 2 fully saturated rings. The van der Waals surface area contributed by atoms with Gasteiger partial charge in [0.25, 0.3) is 0 Å². The van der Waals surface area contributed by atoms with Crippen molar-refractivity contribution in [1.29, 1.82) is 0 Å². The Labute approximate surface area is 90.8 Å². The van der Waals surface area contributed by atoms with Crippen molar-refractivity contribution in [3.05, 3.63) is 0 Å². The van der Waals surface area contributed by atoms with Gasteiger partial charge in [0.1, 0.15) is 0 Å². The van der Waals surface area contributed by atoms with Gasteiger partial charge in [0.2, 0.25) is 5.91 Å². The van der Waals surface area contributed by atoms with Crippen molar-refractivity contribution in [3.63, 3.8) is 0 Å². The first-order valence-corrected chi connectivity index (χ1v) is 5.83. The molecule has 0 aliphatic carbocycles. The summed E-state index contributed by atoms with van der Waals surface area (Å²) in [6.45, 7) is 4.50. The van der Waals surface area contributed by atoms with Crippen LogP contribution in [0.4, 0.5) is 0 Å². The van der Waals surface area contributed by atoms with Crippen molar-refractivity contribution in [1.82, 2.24) is 10.6 Å². The Morgan fingerprint density at radius 2 is 2.40 bits per heavy atom. The average Bonchev–Trinajstić information content (AvgIpc) is 2.70. The van der Waals surface area contributed by atoms with Crippen LogP contribution in [0.2, 0.25) is 0 Å². The Kier molecular flexibility index (Phi) is 3.26. The van der Waals surface area contributed by atoms with Crippen LogP contribution in [0.5, 0.6) is 0 Å². The van der Waals surface area contributed by atoms with Crippen molar-refractivity contribution in [2.75, 3.05) is 19.8 Å². The molecule has 2 aliphatic heterocycles. The number of hydrogen-bond acceptors (Lipinski definition) is 3. The van der Waals surface area contributed by atoms with E-state index in [4.69, 9.17) is 4.74 Å².